The standard InChI is InChI=1S/C19H24N2O3S/c22-9-8-21-6-3-13(4-7-21)24-14-1-2-18-16(11-14)15-5-10-25-12-17(15)19(23)20-18/h1-2,11,13,22H,3-10,12H2,(H,20,23). The van der Waals surface area contributed by atoms with Crippen LogP contribution in [0, 0.1) is 0 Å². The summed E-state index contributed by atoms with van der Waals surface area (Å²) in [7, 11) is 0. The lowest BCUT2D eigenvalue weighted by Crippen LogP contribution is -2.39. The molecule has 0 aliphatic carbocycles. The van der Waals surface area contributed by atoms with Gasteiger partial charge in [-0.1, -0.05) is 0 Å². The fraction of sp³-hybridized carbons (Fsp3) is 0.526. The minimum absolute atomic E-state index is 0.0552. The summed E-state index contributed by atoms with van der Waals surface area (Å²) in [6.07, 6.45) is 3.14. The maximum absolute atomic E-state index is 12.2. The number of benzene rings is 1. The highest BCUT2D eigenvalue weighted by atomic mass is 32.2. The molecule has 0 atom stereocenters. The van der Waals surface area contributed by atoms with E-state index in [1.807, 2.05) is 23.9 Å². The van der Waals surface area contributed by atoms with E-state index in [4.69, 9.17) is 9.84 Å². The van der Waals surface area contributed by atoms with E-state index >= 15 is 0 Å². The number of aromatic nitrogens is 1. The molecule has 1 aromatic carbocycles. The second-order valence-corrected chi connectivity index (χ2v) is 7.91. The Morgan fingerprint density at radius 3 is 2.92 bits per heavy atom. The fourth-order valence-corrected chi connectivity index (χ4v) is 4.83. The number of ether oxygens (including phenoxy) is 1. The minimum Gasteiger partial charge on any atom is -0.490 e. The van der Waals surface area contributed by atoms with Crippen LogP contribution in [-0.2, 0) is 12.2 Å². The number of pyridine rings is 1. The maximum Gasteiger partial charge on any atom is 0.252 e. The Bertz CT molecular complexity index is 812. The van der Waals surface area contributed by atoms with Crippen molar-refractivity contribution in [3.05, 3.63) is 39.7 Å². The Hall–Kier alpha value is -1.50. The third kappa shape index (κ3) is 3.57. The van der Waals surface area contributed by atoms with E-state index < -0.39 is 0 Å². The Kier molecular flexibility index (Phi) is 5.01. The average molecular weight is 360 g/mol. The third-order valence-corrected chi connectivity index (χ3v) is 6.18. The van der Waals surface area contributed by atoms with Crippen LogP contribution in [0.15, 0.2) is 23.0 Å². The van der Waals surface area contributed by atoms with Gasteiger partial charge in [0, 0.05) is 41.9 Å². The second kappa shape index (κ2) is 7.40. The Labute approximate surface area is 151 Å². The number of nitrogens with one attached hydrogen (secondary N) is 1. The largest absolute Gasteiger partial charge is 0.490 e. The van der Waals surface area contributed by atoms with Gasteiger partial charge in [0.15, 0.2) is 0 Å². The number of nitrogens with zero attached hydrogens (tertiary/aromatic N) is 1. The molecule has 25 heavy (non-hydrogen) atoms. The minimum atomic E-state index is 0.0552. The van der Waals surface area contributed by atoms with Crippen molar-refractivity contribution in [3.8, 4) is 5.75 Å². The highest BCUT2D eigenvalue weighted by Gasteiger charge is 2.21. The highest BCUT2D eigenvalue weighted by molar-refractivity contribution is 7.98. The summed E-state index contributed by atoms with van der Waals surface area (Å²) in [5.41, 5.74) is 3.08. The molecule has 6 heteroatoms. The number of aromatic amines is 1. The van der Waals surface area contributed by atoms with Crippen molar-refractivity contribution in [2.45, 2.75) is 31.1 Å². The number of hydrogen-bond donors (Lipinski definition) is 2. The lowest BCUT2D eigenvalue weighted by Gasteiger charge is -2.31. The van der Waals surface area contributed by atoms with Crippen LogP contribution in [0.4, 0.5) is 0 Å². The number of H-pyrrole nitrogens is 1. The predicted molar refractivity (Wildman–Crippen MR) is 102 cm³/mol. The summed E-state index contributed by atoms with van der Waals surface area (Å²) >= 11 is 1.82. The molecule has 0 bridgehead atoms. The molecule has 3 heterocycles. The van der Waals surface area contributed by atoms with Gasteiger partial charge < -0.3 is 19.7 Å². The monoisotopic (exact) mass is 360 g/mol. The van der Waals surface area contributed by atoms with Crippen LogP contribution in [0.1, 0.15) is 24.0 Å². The highest BCUT2D eigenvalue weighted by Crippen LogP contribution is 2.30. The van der Waals surface area contributed by atoms with Gasteiger partial charge in [-0.15, -0.1) is 0 Å². The van der Waals surface area contributed by atoms with Crippen LogP contribution in [0.5, 0.6) is 5.75 Å². The Morgan fingerprint density at radius 2 is 2.12 bits per heavy atom. The van der Waals surface area contributed by atoms with Gasteiger partial charge in [0.1, 0.15) is 11.9 Å². The maximum atomic E-state index is 12.2. The molecule has 2 aromatic rings. The normalized spacial score (nSPS) is 19.1. The van der Waals surface area contributed by atoms with Crippen LogP contribution in [0.3, 0.4) is 0 Å². The van der Waals surface area contributed by atoms with Crippen molar-refractivity contribution >= 4 is 22.7 Å². The van der Waals surface area contributed by atoms with Crippen LogP contribution in [0.25, 0.3) is 10.9 Å². The van der Waals surface area contributed by atoms with Crippen LogP contribution >= 0.6 is 11.8 Å². The summed E-state index contributed by atoms with van der Waals surface area (Å²) in [5.74, 6) is 2.76. The van der Waals surface area contributed by atoms with Crippen molar-refractivity contribution < 1.29 is 9.84 Å². The van der Waals surface area contributed by atoms with Gasteiger partial charge in [-0.05, 0) is 48.8 Å². The van der Waals surface area contributed by atoms with Gasteiger partial charge in [0.25, 0.3) is 5.56 Å². The van der Waals surface area contributed by atoms with Crippen molar-refractivity contribution in [1.82, 2.24) is 9.88 Å². The molecule has 4 rings (SSSR count). The molecule has 0 radical (unpaired) electrons. The number of hydrogen-bond acceptors (Lipinski definition) is 5. The summed E-state index contributed by atoms with van der Waals surface area (Å²) in [4.78, 5) is 17.5. The smallest absolute Gasteiger partial charge is 0.252 e. The van der Waals surface area contributed by atoms with Crippen molar-refractivity contribution in [1.29, 1.82) is 0 Å². The average Bonchev–Trinajstić information content (AvgIpc) is 2.64. The van der Waals surface area contributed by atoms with E-state index in [1.54, 1.807) is 0 Å². The van der Waals surface area contributed by atoms with Crippen LogP contribution < -0.4 is 10.3 Å². The molecule has 0 spiro atoms. The molecule has 134 valence electrons. The van der Waals surface area contributed by atoms with E-state index in [0.717, 1.165) is 72.6 Å². The molecule has 1 saturated heterocycles. The number of β-amino-alcohol motifs (C(OH)–C–C–N with tert-alkyl or cyclic N) is 1. The fourth-order valence-electron chi connectivity index (χ4n) is 3.82. The third-order valence-electron chi connectivity index (χ3n) is 5.20. The number of aliphatic hydroxyl groups is 1. The molecule has 0 amide bonds. The number of rotatable bonds is 4. The van der Waals surface area contributed by atoms with Crippen LogP contribution in [0.2, 0.25) is 0 Å². The molecule has 2 N–H and O–H groups in total. The molecule has 0 unspecified atom stereocenters. The van der Waals surface area contributed by atoms with Crippen molar-refractivity contribution in [3.63, 3.8) is 0 Å². The van der Waals surface area contributed by atoms with E-state index in [-0.39, 0.29) is 18.3 Å². The molecule has 5 nitrogen and oxygen atoms in total. The van der Waals surface area contributed by atoms with Gasteiger partial charge >= 0.3 is 0 Å². The number of thioether (sulfide) groups is 1. The quantitative estimate of drug-likeness (QED) is 0.875. The van der Waals surface area contributed by atoms with E-state index in [1.165, 1.54) is 5.56 Å². The number of fused-ring (bicyclic) bond motifs is 3. The van der Waals surface area contributed by atoms with Crippen molar-refractivity contribution in [2.75, 3.05) is 32.0 Å². The molecule has 2 aliphatic heterocycles. The Balaban J connectivity index is 1.55. The number of likely N-dealkylation sites (tertiary alicyclic amines) is 1. The number of piperidine rings is 1. The first-order valence-electron chi connectivity index (χ1n) is 9.00. The molecule has 0 saturated carbocycles. The predicted octanol–water partition coefficient (Wildman–Crippen LogP) is 2.15. The lowest BCUT2D eigenvalue weighted by molar-refractivity contribution is 0.0890. The zero-order valence-corrected chi connectivity index (χ0v) is 15.1. The first-order chi connectivity index (χ1) is 12.2. The first-order valence-corrected chi connectivity index (χ1v) is 10.2. The van der Waals surface area contributed by atoms with E-state index in [0.29, 0.717) is 0 Å². The summed E-state index contributed by atoms with van der Waals surface area (Å²) in [6.45, 7) is 2.91. The molecule has 1 aromatic heterocycles. The van der Waals surface area contributed by atoms with Gasteiger partial charge in [0.05, 0.1) is 6.61 Å². The second-order valence-electron chi connectivity index (χ2n) is 6.80. The zero-order valence-electron chi connectivity index (χ0n) is 14.3. The Morgan fingerprint density at radius 1 is 1.28 bits per heavy atom. The molecule has 1 fully saturated rings. The number of aryl methyl sites for hydroxylation is 1. The molecular weight excluding hydrogens is 336 g/mol. The topological polar surface area (TPSA) is 65.6 Å². The van der Waals surface area contributed by atoms with Gasteiger partial charge in [-0.2, -0.15) is 11.8 Å². The summed E-state index contributed by atoms with van der Waals surface area (Å²) < 4.78 is 6.22. The van der Waals surface area contributed by atoms with E-state index in [2.05, 4.69) is 16.0 Å². The van der Waals surface area contributed by atoms with Crippen LogP contribution in [-0.4, -0.2) is 53.1 Å². The van der Waals surface area contributed by atoms with E-state index in [9.17, 15) is 4.79 Å². The summed E-state index contributed by atoms with van der Waals surface area (Å²) in [6, 6.07) is 6.03. The molecule has 2 aliphatic rings. The summed E-state index contributed by atoms with van der Waals surface area (Å²) in [5, 5.41) is 10.2. The number of aliphatic hydroxyl groups excluding tert-OH is 1. The first kappa shape index (κ1) is 16.9. The van der Waals surface area contributed by atoms with Gasteiger partial charge in [0.2, 0.25) is 0 Å². The molecular formula is C19H24N2O3S. The zero-order chi connectivity index (χ0) is 17.2. The van der Waals surface area contributed by atoms with Gasteiger partial charge in [-0.3, -0.25) is 4.79 Å². The van der Waals surface area contributed by atoms with Gasteiger partial charge in [-0.25, -0.2) is 0 Å². The lowest BCUT2D eigenvalue weighted by atomic mass is 10.0. The SMILES string of the molecule is O=c1[nH]c2ccc(OC3CCN(CCO)CC3)cc2c2c1CSCC2. The van der Waals surface area contributed by atoms with Crippen molar-refractivity contribution in [2.24, 2.45) is 0 Å².